The molecule has 2 aromatic carbocycles. The van der Waals surface area contributed by atoms with E-state index in [0.717, 1.165) is 14.7 Å². The Kier molecular flexibility index (Phi) is 5.54. The zero-order chi connectivity index (χ0) is 16.1. The van der Waals surface area contributed by atoms with Gasteiger partial charge in [-0.2, -0.15) is 4.99 Å². The minimum absolute atomic E-state index is 0.212. The van der Waals surface area contributed by atoms with Gasteiger partial charge in [-0.05, 0) is 59.3 Å². The number of amides is 1. The summed E-state index contributed by atoms with van der Waals surface area (Å²) in [5.74, 6) is -0.114. The van der Waals surface area contributed by atoms with Crippen LogP contribution in [0.4, 0.5) is 0 Å². The van der Waals surface area contributed by atoms with Crippen LogP contribution in [-0.2, 0) is 6.54 Å². The standard InChI is InChI=1S/C17H18IN3O/c1-12-6-8-14(9-7-12)16(22)20-17(19)21(2)11-13-4-3-5-15(18)10-13/h3-10H,11H2,1-2H3,(H2,19,20,22). The van der Waals surface area contributed by atoms with E-state index in [1.165, 1.54) is 0 Å². The number of aryl methyl sites for hydroxylation is 1. The predicted molar refractivity (Wildman–Crippen MR) is 97.8 cm³/mol. The molecule has 2 aromatic rings. The molecular weight excluding hydrogens is 389 g/mol. The van der Waals surface area contributed by atoms with Crippen LogP contribution in [0.25, 0.3) is 0 Å². The molecule has 0 bridgehead atoms. The van der Waals surface area contributed by atoms with E-state index in [0.29, 0.717) is 12.1 Å². The molecule has 5 heteroatoms. The molecule has 114 valence electrons. The van der Waals surface area contributed by atoms with Crippen molar-refractivity contribution in [3.8, 4) is 0 Å². The number of halogens is 1. The van der Waals surface area contributed by atoms with Crippen LogP contribution in [0.3, 0.4) is 0 Å². The summed E-state index contributed by atoms with van der Waals surface area (Å²) in [6.45, 7) is 2.58. The molecular formula is C17H18IN3O. The van der Waals surface area contributed by atoms with Crippen molar-refractivity contribution in [2.75, 3.05) is 7.05 Å². The summed E-state index contributed by atoms with van der Waals surface area (Å²) in [4.78, 5) is 17.8. The zero-order valence-electron chi connectivity index (χ0n) is 12.6. The number of nitrogens with zero attached hydrogens (tertiary/aromatic N) is 2. The second-order valence-electron chi connectivity index (χ2n) is 5.13. The molecule has 0 heterocycles. The number of carbonyl (C=O) groups excluding carboxylic acids is 1. The average molecular weight is 407 g/mol. The normalized spacial score (nSPS) is 11.3. The van der Waals surface area contributed by atoms with Crippen molar-refractivity contribution in [2.24, 2.45) is 10.7 Å². The summed E-state index contributed by atoms with van der Waals surface area (Å²) in [5, 5.41) is 0. The average Bonchev–Trinajstić information content (AvgIpc) is 2.47. The molecule has 0 aromatic heterocycles. The minimum Gasteiger partial charge on any atom is -0.369 e. The third-order valence-corrected chi connectivity index (χ3v) is 3.89. The number of hydrogen-bond donors (Lipinski definition) is 1. The Hall–Kier alpha value is -1.89. The summed E-state index contributed by atoms with van der Waals surface area (Å²) < 4.78 is 1.16. The fourth-order valence-corrected chi connectivity index (χ4v) is 2.55. The number of benzene rings is 2. The van der Waals surface area contributed by atoms with Gasteiger partial charge in [-0.1, -0.05) is 29.8 Å². The van der Waals surface area contributed by atoms with E-state index in [-0.39, 0.29) is 11.9 Å². The third-order valence-electron chi connectivity index (χ3n) is 3.21. The second kappa shape index (κ2) is 7.40. The van der Waals surface area contributed by atoms with Gasteiger partial charge in [-0.3, -0.25) is 4.79 Å². The van der Waals surface area contributed by atoms with Gasteiger partial charge in [0.2, 0.25) is 0 Å². The van der Waals surface area contributed by atoms with Gasteiger partial charge >= 0.3 is 0 Å². The molecule has 0 fully saturated rings. The van der Waals surface area contributed by atoms with Crippen LogP contribution in [0.15, 0.2) is 53.5 Å². The summed E-state index contributed by atoms with van der Waals surface area (Å²) in [6.07, 6.45) is 0. The number of aliphatic imine (C=N–C) groups is 1. The van der Waals surface area contributed by atoms with E-state index >= 15 is 0 Å². The first-order valence-electron chi connectivity index (χ1n) is 6.86. The molecule has 0 radical (unpaired) electrons. The molecule has 0 aliphatic carbocycles. The van der Waals surface area contributed by atoms with Crippen molar-refractivity contribution in [1.29, 1.82) is 0 Å². The molecule has 0 aliphatic rings. The SMILES string of the molecule is Cc1ccc(C(=O)N=C(N)N(C)Cc2cccc(I)c2)cc1. The van der Waals surface area contributed by atoms with E-state index < -0.39 is 0 Å². The molecule has 0 spiro atoms. The zero-order valence-corrected chi connectivity index (χ0v) is 14.7. The van der Waals surface area contributed by atoms with Crippen molar-refractivity contribution >= 4 is 34.5 Å². The van der Waals surface area contributed by atoms with Gasteiger partial charge in [0.1, 0.15) is 0 Å². The van der Waals surface area contributed by atoms with Crippen LogP contribution in [0.5, 0.6) is 0 Å². The molecule has 2 N–H and O–H groups in total. The van der Waals surface area contributed by atoms with Crippen molar-refractivity contribution in [1.82, 2.24) is 4.90 Å². The smallest absolute Gasteiger partial charge is 0.280 e. The lowest BCUT2D eigenvalue weighted by Crippen LogP contribution is -2.34. The Balaban J connectivity index is 2.07. The lowest BCUT2D eigenvalue weighted by Gasteiger charge is -2.17. The monoisotopic (exact) mass is 407 g/mol. The highest BCUT2D eigenvalue weighted by Crippen LogP contribution is 2.10. The fourth-order valence-electron chi connectivity index (χ4n) is 1.94. The molecule has 0 aliphatic heterocycles. The van der Waals surface area contributed by atoms with Gasteiger partial charge < -0.3 is 10.6 Å². The van der Waals surface area contributed by atoms with E-state index in [2.05, 4.69) is 33.6 Å². The van der Waals surface area contributed by atoms with Crippen molar-refractivity contribution < 1.29 is 4.79 Å². The minimum atomic E-state index is -0.327. The molecule has 0 unspecified atom stereocenters. The van der Waals surface area contributed by atoms with Gasteiger partial charge in [0, 0.05) is 22.7 Å². The van der Waals surface area contributed by atoms with E-state index in [1.54, 1.807) is 17.0 Å². The Morgan fingerprint density at radius 2 is 1.91 bits per heavy atom. The van der Waals surface area contributed by atoms with Crippen molar-refractivity contribution in [3.05, 3.63) is 68.8 Å². The van der Waals surface area contributed by atoms with Crippen LogP contribution >= 0.6 is 22.6 Å². The lowest BCUT2D eigenvalue weighted by molar-refractivity contribution is 0.100. The topological polar surface area (TPSA) is 58.7 Å². The van der Waals surface area contributed by atoms with E-state index in [1.807, 2.05) is 44.3 Å². The predicted octanol–water partition coefficient (Wildman–Crippen LogP) is 3.19. The van der Waals surface area contributed by atoms with Gasteiger partial charge in [0.15, 0.2) is 5.96 Å². The number of carbonyl (C=O) groups is 1. The van der Waals surface area contributed by atoms with Crippen LogP contribution in [-0.4, -0.2) is 23.8 Å². The number of rotatable bonds is 3. The number of nitrogens with two attached hydrogens (primary N) is 1. The summed E-state index contributed by atoms with van der Waals surface area (Å²) in [7, 11) is 1.82. The summed E-state index contributed by atoms with van der Waals surface area (Å²) >= 11 is 2.27. The lowest BCUT2D eigenvalue weighted by atomic mass is 10.1. The Labute approximate surface area is 144 Å². The number of guanidine groups is 1. The molecule has 4 nitrogen and oxygen atoms in total. The number of hydrogen-bond acceptors (Lipinski definition) is 1. The van der Waals surface area contributed by atoms with Gasteiger partial charge in [0.25, 0.3) is 5.91 Å². The van der Waals surface area contributed by atoms with E-state index in [4.69, 9.17) is 5.73 Å². The molecule has 1 amide bonds. The van der Waals surface area contributed by atoms with E-state index in [9.17, 15) is 4.79 Å². The van der Waals surface area contributed by atoms with Crippen LogP contribution in [0.2, 0.25) is 0 Å². The van der Waals surface area contributed by atoms with Gasteiger partial charge in [0.05, 0.1) is 0 Å². The Morgan fingerprint density at radius 3 is 2.55 bits per heavy atom. The fraction of sp³-hybridized carbons (Fsp3) is 0.176. The highest BCUT2D eigenvalue weighted by atomic mass is 127. The molecule has 0 atom stereocenters. The first-order valence-corrected chi connectivity index (χ1v) is 7.94. The quantitative estimate of drug-likeness (QED) is 0.483. The van der Waals surface area contributed by atoms with Gasteiger partial charge in [-0.25, -0.2) is 0 Å². The molecule has 0 saturated carbocycles. The van der Waals surface area contributed by atoms with Crippen molar-refractivity contribution in [2.45, 2.75) is 13.5 Å². The Bertz CT molecular complexity index is 695. The van der Waals surface area contributed by atoms with Crippen LogP contribution < -0.4 is 5.73 Å². The summed E-state index contributed by atoms with van der Waals surface area (Å²) in [6, 6.07) is 15.4. The highest BCUT2D eigenvalue weighted by Gasteiger charge is 2.08. The first kappa shape index (κ1) is 16.5. The first-order chi connectivity index (χ1) is 10.5. The van der Waals surface area contributed by atoms with Crippen molar-refractivity contribution in [3.63, 3.8) is 0 Å². The maximum atomic E-state index is 12.1. The van der Waals surface area contributed by atoms with Crippen LogP contribution in [0, 0.1) is 10.5 Å². The molecule has 0 saturated heterocycles. The maximum Gasteiger partial charge on any atom is 0.280 e. The Morgan fingerprint density at radius 1 is 1.23 bits per heavy atom. The highest BCUT2D eigenvalue weighted by molar-refractivity contribution is 14.1. The van der Waals surface area contributed by atoms with Crippen LogP contribution in [0.1, 0.15) is 21.5 Å². The second-order valence-corrected chi connectivity index (χ2v) is 6.37. The summed E-state index contributed by atoms with van der Waals surface area (Å²) in [5.41, 5.74) is 8.68. The maximum absolute atomic E-state index is 12.1. The largest absolute Gasteiger partial charge is 0.369 e. The third kappa shape index (κ3) is 4.56. The van der Waals surface area contributed by atoms with Gasteiger partial charge in [-0.15, -0.1) is 0 Å². The molecule has 2 rings (SSSR count). The molecule has 22 heavy (non-hydrogen) atoms.